The van der Waals surface area contributed by atoms with Gasteiger partial charge >= 0.3 is 0 Å². The minimum Gasteiger partial charge on any atom is -0.381 e. The molecule has 2 aliphatic heterocycles. The number of nitrogens with zero attached hydrogens (tertiary/aromatic N) is 4. The summed E-state index contributed by atoms with van der Waals surface area (Å²) in [4.78, 5) is 21.8. The van der Waals surface area contributed by atoms with Crippen LogP contribution in [0.5, 0.6) is 0 Å². The lowest BCUT2D eigenvalue weighted by Crippen LogP contribution is -2.43. The molecule has 3 aliphatic rings. The predicted octanol–water partition coefficient (Wildman–Crippen LogP) is 2.85. The lowest BCUT2D eigenvalue weighted by molar-refractivity contribution is 0.119. The minimum absolute atomic E-state index is 0.0155. The van der Waals surface area contributed by atoms with Crippen LogP contribution in [0.2, 0.25) is 0 Å². The van der Waals surface area contributed by atoms with E-state index in [1.165, 1.54) is 5.57 Å². The topological polar surface area (TPSA) is 106 Å². The Hall–Kier alpha value is -2.30. The third-order valence-corrected chi connectivity index (χ3v) is 8.99. The van der Waals surface area contributed by atoms with E-state index < -0.39 is 10.0 Å². The zero-order valence-electron chi connectivity index (χ0n) is 19.5. The molecule has 2 saturated heterocycles. The van der Waals surface area contributed by atoms with Crippen LogP contribution in [-0.4, -0.2) is 65.4 Å². The summed E-state index contributed by atoms with van der Waals surface area (Å²) in [6, 6.07) is 3.67. The molecule has 0 radical (unpaired) electrons. The molecule has 5 rings (SSSR count). The van der Waals surface area contributed by atoms with Crippen LogP contribution in [0.25, 0.3) is 11.0 Å². The van der Waals surface area contributed by atoms with Gasteiger partial charge in [0.1, 0.15) is 5.65 Å². The largest absolute Gasteiger partial charge is 0.381 e. The average Bonchev–Trinajstić information content (AvgIpc) is 3.38. The van der Waals surface area contributed by atoms with Gasteiger partial charge < -0.3 is 10.1 Å². The molecule has 1 saturated carbocycles. The highest BCUT2D eigenvalue weighted by Crippen LogP contribution is 2.30. The van der Waals surface area contributed by atoms with Crippen molar-refractivity contribution in [1.29, 1.82) is 0 Å². The summed E-state index contributed by atoms with van der Waals surface area (Å²) in [6.45, 7) is 2.31. The van der Waals surface area contributed by atoms with Crippen molar-refractivity contribution in [2.24, 2.45) is 0 Å². The number of hydrogen-bond donors (Lipinski definition) is 1. The number of fused-ring (bicyclic) bond motifs is 1. The Balaban J connectivity index is 1.23. The summed E-state index contributed by atoms with van der Waals surface area (Å²) >= 11 is 0. The van der Waals surface area contributed by atoms with E-state index in [2.05, 4.69) is 10.3 Å². The highest BCUT2D eigenvalue weighted by molar-refractivity contribution is 7.89. The van der Waals surface area contributed by atoms with Crippen molar-refractivity contribution in [1.82, 2.24) is 18.8 Å². The molecule has 0 aromatic carbocycles. The first-order valence-electron chi connectivity index (χ1n) is 12.4. The zero-order valence-corrected chi connectivity index (χ0v) is 20.3. The minimum atomic E-state index is -3.31. The van der Waals surface area contributed by atoms with Gasteiger partial charge in [-0.2, -0.15) is 4.98 Å². The quantitative estimate of drug-likeness (QED) is 0.625. The van der Waals surface area contributed by atoms with E-state index in [0.717, 1.165) is 43.9 Å². The maximum Gasteiger partial charge on any atom is 0.252 e. The fourth-order valence-corrected chi connectivity index (χ4v) is 6.67. The maximum absolute atomic E-state index is 12.8. The highest BCUT2D eigenvalue weighted by Gasteiger charge is 2.28. The number of aromatic nitrogens is 3. The van der Waals surface area contributed by atoms with Crippen LogP contribution < -0.4 is 10.9 Å². The number of piperidine rings is 1. The molecule has 0 unspecified atom stereocenters. The second-order valence-electron chi connectivity index (χ2n) is 9.52. The van der Waals surface area contributed by atoms with Gasteiger partial charge in [0.25, 0.3) is 5.56 Å². The van der Waals surface area contributed by atoms with E-state index in [1.54, 1.807) is 22.6 Å². The van der Waals surface area contributed by atoms with Crippen LogP contribution in [-0.2, 0) is 14.8 Å². The highest BCUT2D eigenvalue weighted by atomic mass is 32.2. The predicted molar refractivity (Wildman–Crippen MR) is 131 cm³/mol. The average molecular weight is 488 g/mol. The van der Waals surface area contributed by atoms with Crippen molar-refractivity contribution in [3.8, 4) is 0 Å². The van der Waals surface area contributed by atoms with Gasteiger partial charge in [-0.1, -0.05) is 24.5 Å². The summed E-state index contributed by atoms with van der Waals surface area (Å²) < 4.78 is 34.4. The Bertz CT molecular complexity index is 1200. The Kier molecular flexibility index (Phi) is 6.99. The molecule has 0 spiro atoms. The van der Waals surface area contributed by atoms with Gasteiger partial charge in [0.15, 0.2) is 0 Å². The van der Waals surface area contributed by atoms with E-state index in [0.29, 0.717) is 50.7 Å². The summed E-state index contributed by atoms with van der Waals surface area (Å²) in [5, 5.41) is 4.24. The lowest BCUT2D eigenvalue weighted by Gasteiger charge is -2.31. The molecule has 10 heteroatoms. The molecule has 0 bridgehead atoms. The smallest absolute Gasteiger partial charge is 0.252 e. The van der Waals surface area contributed by atoms with Crippen LogP contribution >= 0.6 is 0 Å². The van der Waals surface area contributed by atoms with Gasteiger partial charge in [-0.05, 0) is 44.6 Å². The van der Waals surface area contributed by atoms with Crippen LogP contribution in [0.15, 0.2) is 34.8 Å². The second-order valence-corrected chi connectivity index (χ2v) is 11.5. The van der Waals surface area contributed by atoms with Crippen LogP contribution in [0, 0.1) is 0 Å². The summed E-state index contributed by atoms with van der Waals surface area (Å²) in [6.07, 6.45) is 10.9. The SMILES string of the molecule is O=c1ccc2cnc(NC3CCN(S(=O)(=O)CC=C4CCOCC4)CC3)nc2n1C1CCCC1. The van der Waals surface area contributed by atoms with Gasteiger partial charge in [0.2, 0.25) is 16.0 Å². The van der Waals surface area contributed by atoms with Gasteiger partial charge in [0, 0.05) is 42.8 Å². The first kappa shape index (κ1) is 23.4. The van der Waals surface area contributed by atoms with Crippen molar-refractivity contribution < 1.29 is 13.2 Å². The van der Waals surface area contributed by atoms with Gasteiger partial charge in [-0.25, -0.2) is 17.7 Å². The summed E-state index contributed by atoms with van der Waals surface area (Å²) in [5.41, 5.74) is 1.84. The third-order valence-electron chi connectivity index (χ3n) is 7.26. The lowest BCUT2D eigenvalue weighted by atomic mass is 10.1. The molecule has 4 heterocycles. The van der Waals surface area contributed by atoms with E-state index in [9.17, 15) is 13.2 Å². The monoisotopic (exact) mass is 487 g/mol. The number of nitrogens with one attached hydrogen (secondary N) is 1. The first-order chi connectivity index (χ1) is 16.5. The standard InChI is InChI=1S/C24H33N5O4S/c30-22-6-5-19-17-25-24(27-23(19)29(22)21-3-1-2-4-21)26-20-7-12-28(13-8-20)34(31,32)16-11-18-9-14-33-15-10-18/h5-6,11,17,20-21H,1-4,7-10,12-16H2,(H,25,26,27). The Labute approximate surface area is 200 Å². The molecule has 184 valence electrons. The van der Waals surface area contributed by atoms with E-state index in [4.69, 9.17) is 9.72 Å². The van der Waals surface area contributed by atoms with Crippen molar-refractivity contribution in [3.05, 3.63) is 40.3 Å². The molecule has 1 aliphatic carbocycles. The molecule has 2 aromatic heterocycles. The Morgan fingerprint density at radius 3 is 2.56 bits per heavy atom. The van der Waals surface area contributed by atoms with Crippen molar-refractivity contribution >= 4 is 27.0 Å². The van der Waals surface area contributed by atoms with E-state index in [-0.39, 0.29) is 23.4 Å². The molecule has 0 atom stereocenters. The van der Waals surface area contributed by atoms with E-state index >= 15 is 0 Å². The molecule has 2 aromatic rings. The number of rotatable bonds is 6. The second kappa shape index (κ2) is 10.1. The van der Waals surface area contributed by atoms with Crippen molar-refractivity contribution in [2.75, 3.05) is 37.4 Å². The summed E-state index contributed by atoms with van der Waals surface area (Å²) in [7, 11) is -3.31. The third kappa shape index (κ3) is 5.18. The van der Waals surface area contributed by atoms with Gasteiger partial charge in [-0.15, -0.1) is 0 Å². The number of sulfonamides is 1. The number of ether oxygens (including phenoxy) is 1. The van der Waals surface area contributed by atoms with Gasteiger partial charge in [0.05, 0.1) is 19.0 Å². The summed E-state index contributed by atoms with van der Waals surface area (Å²) in [5.74, 6) is 0.558. The Morgan fingerprint density at radius 1 is 1.09 bits per heavy atom. The van der Waals surface area contributed by atoms with Crippen LogP contribution in [0.4, 0.5) is 5.95 Å². The number of anilines is 1. The Morgan fingerprint density at radius 2 is 1.82 bits per heavy atom. The molecule has 3 fully saturated rings. The van der Waals surface area contributed by atoms with Crippen LogP contribution in [0.1, 0.15) is 57.4 Å². The maximum atomic E-state index is 12.8. The van der Waals surface area contributed by atoms with E-state index in [1.807, 2.05) is 10.6 Å². The fraction of sp³-hybridized carbons (Fsp3) is 0.625. The van der Waals surface area contributed by atoms with Crippen molar-refractivity contribution in [3.63, 3.8) is 0 Å². The van der Waals surface area contributed by atoms with Gasteiger partial charge in [-0.3, -0.25) is 9.36 Å². The van der Waals surface area contributed by atoms with Crippen LogP contribution in [0.3, 0.4) is 0 Å². The first-order valence-corrected chi connectivity index (χ1v) is 14.0. The molecule has 1 N–H and O–H groups in total. The molecule has 9 nitrogen and oxygen atoms in total. The van der Waals surface area contributed by atoms with Crippen molar-refractivity contribution in [2.45, 2.75) is 63.5 Å². The molecular formula is C24H33N5O4S. The normalized spacial score (nSPS) is 21.2. The molecule has 34 heavy (non-hydrogen) atoms. The fourth-order valence-electron chi connectivity index (χ4n) is 5.25. The molecule has 0 amide bonds. The zero-order chi connectivity index (χ0) is 23.5. The number of pyridine rings is 1. The number of hydrogen-bond acceptors (Lipinski definition) is 7. The molecular weight excluding hydrogens is 454 g/mol.